The fourth-order valence-electron chi connectivity index (χ4n) is 3.18. The van der Waals surface area contributed by atoms with Crippen LogP contribution in [-0.4, -0.2) is 36.1 Å². The largest absolute Gasteiger partial charge is 0.311 e. The van der Waals surface area contributed by atoms with Crippen LogP contribution >= 0.6 is 11.3 Å². The molecule has 2 aliphatic rings. The summed E-state index contributed by atoms with van der Waals surface area (Å²) in [4.78, 5) is 4.25. The lowest BCUT2D eigenvalue weighted by Gasteiger charge is -2.42. The number of nitrogens with one attached hydrogen (secondary N) is 1. The predicted octanol–water partition coefficient (Wildman–Crippen LogP) is 2.75. The van der Waals surface area contributed by atoms with E-state index in [0.717, 1.165) is 18.5 Å². The van der Waals surface area contributed by atoms with Crippen LogP contribution in [0.5, 0.6) is 0 Å². The van der Waals surface area contributed by atoms with Gasteiger partial charge in [-0.3, -0.25) is 4.90 Å². The molecule has 2 fully saturated rings. The summed E-state index contributed by atoms with van der Waals surface area (Å²) in [5.74, 6) is 0.967. The second kappa shape index (κ2) is 5.32. The number of piperazine rings is 1. The van der Waals surface area contributed by atoms with Gasteiger partial charge in [-0.15, -0.1) is 11.3 Å². The van der Waals surface area contributed by atoms with Crippen molar-refractivity contribution in [2.24, 2.45) is 5.92 Å². The molecule has 0 amide bonds. The van der Waals surface area contributed by atoms with Crippen LogP contribution in [0.25, 0.3) is 0 Å². The van der Waals surface area contributed by atoms with Crippen molar-refractivity contribution in [3.05, 3.63) is 22.4 Å². The molecule has 1 saturated heterocycles. The Morgan fingerprint density at radius 1 is 1.50 bits per heavy atom. The maximum Gasteiger partial charge on any atom is 0.0224 e. The molecule has 2 heterocycles. The molecule has 0 spiro atoms. The van der Waals surface area contributed by atoms with Gasteiger partial charge in [-0.1, -0.05) is 6.07 Å². The highest BCUT2D eigenvalue weighted by Crippen LogP contribution is 2.34. The van der Waals surface area contributed by atoms with E-state index in [0.29, 0.717) is 12.1 Å². The Morgan fingerprint density at radius 2 is 2.33 bits per heavy atom. The van der Waals surface area contributed by atoms with Crippen molar-refractivity contribution in [3.63, 3.8) is 0 Å². The number of hydrogen-bond acceptors (Lipinski definition) is 3. The summed E-state index contributed by atoms with van der Waals surface area (Å²) in [6.45, 7) is 7.17. The Labute approximate surface area is 114 Å². The molecule has 0 bridgehead atoms. The first-order valence-electron chi connectivity index (χ1n) is 7.25. The van der Waals surface area contributed by atoms with E-state index in [4.69, 9.17) is 0 Å². The van der Waals surface area contributed by atoms with E-state index in [2.05, 4.69) is 41.6 Å². The number of rotatable bonds is 4. The summed E-state index contributed by atoms with van der Waals surface area (Å²) in [6, 6.07) is 6.54. The molecule has 3 unspecified atom stereocenters. The smallest absolute Gasteiger partial charge is 0.0224 e. The summed E-state index contributed by atoms with van der Waals surface area (Å²) in [5.41, 5.74) is 0. The van der Waals surface area contributed by atoms with E-state index in [9.17, 15) is 0 Å². The predicted molar refractivity (Wildman–Crippen MR) is 78.2 cm³/mol. The third kappa shape index (κ3) is 2.79. The Bertz CT molecular complexity index is 372. The maximum absolute atomic E-state index is 3.74. The third-order valence-electron chi connectivity index (χ3n) is 4.48. The summed E-state index contributed by atoms with van der Waals surface area (Å²) >= 11 is 1.89. The van der Waals surface area contributed by atoms with E-state index >= 15 is 0 Å². The van der Waals surface area contributed by atoms with E-state index in [1.807, 2.05) is 11.3 Å². The Hall–Kier alpha value is -0.380. The van der Waals surface area contributed by atoms with E-state index in [1.165, 1.54) is 30.7 Å². The zero-order chi connectivity index (χ0) is 12.5. The molecule has 1 aliphatic heterocycles. The summed E-state index contributed by atoms with van der Waals surface area (Å²) < 4.78 is 0. The minimum atomic E-state index is 0.669. The molecule has 1 aromatic rings. The first-order valence-corrected chi connectivity index (χ1v) is 8.13. The molecule has 100 valence electrons. The normalized spacial score (nSPS) is 31.4. The van der Waals surface area contributed by atoms with Crippen LogP contribution in [0.2, 0.25) is 0 Å². The summed E-state index contributed by atoms with van der Waals surface area (Å²) in [5, 5.41) is 5.93. The molecular formula is C15H24N2S. The molecule has 1 aromatic heterocycles. The Morgan fingerprint density at radius 3 is 3.00 bits per heavy atom. The Kier molecular flexibility index (Phi) is 3.73. The monoisotopic (exact) mass is 264 g/mol. The van der Waals surface area contributed by atoms with Crippen LogP contribution in [0, 0.1) is 5.92 Å². The van der Waals surface area contributed by atoms with E-state index < -0.39 is 0 Å². The first-order chi connectivity index (χ1) is 8.74. The van der Waals surface area contributed by atoms with Crippen molar-refractivity contribution in [1.82, 2.24) is 10.2 Å². The number of hydrogen-bond donors (Lipinski definition) is 1. The van der Waals surface area contributed by atoms with Crippen LogP contribution in [0.15, 0.2) is 17.5 Å². The van der Waals surface area contributed by atoms with Crippen LogP contribution < -0.4 is 5.32 Å². The average Bonchev–Trinajstić information content (AvgIpc) is 3.09. The van der Waals surface area contributed by atoms with Gasteiger partial charge in [-0.2, -0.15) is 0 Å². The maximum atomic E-state index is 3.74. The van der Waals surface area contributed by atoms with Gasteiger partial charge >= 0.3 is 0 Å². The second-order valence-corrected chi connectivity index (χ2v) is 7.06. The quantitative estimate of drug-likeness (QED) is 0.899. The highest BCUT2D eigenvalue weighted by atomic mass is 32.1. The van der Waals surface area contributed by atoms with Gasteiger partial charge in [-0.05, 0) is 50.5 Å². The fraction of sp³-hybridized carbons (Fsp3) is 0.733. The summed E-state index contributed by atoms with van der Waals surface area (Å²) in [7, 11) is 0. The van der Waals surface area contributed by atoms with Crippen LogP contribution in [0.3, 0.4) is 0 Å². The molecule has 2 nitrogen and oxygen atoms in total. The topological polar surface area (TPSA) is 15.3 Å². The summed E-state index contributed by atoms with van der Waals surface area (Å²) in [6.07, 6.45) is 4.10. The molecule has 1 N–H and O–H groups in total. The van der Waals surface area contributed by atoms with Gasteiger partial charge in [0, 0.05) is 36.1 Å². The molecule has 3 rings (SSSR count). The lowest BCUT2D eigenvalue weighted by atomic mass is 10.0. The van der Waals surface area contributed by atoms with Gasteiger partial charge in [0.05, 0.1) is 0 Å². The molecular weight excluding hydrogens is 240 g/mol. The molecule has 0 radical (unpaired) electrons. The molecule has 1 saturated carbocycles. The lowest BCUT2D eigenvalue weighted by Crippen LogP contribution is -2.58. The molecule has 18 heavy (non-hydrogen) atoms. The minimum absolute atomic E-state index is 0.669. The number of nitrogens with zero attached hydrogens (tertiary/aromatic N) is 1. The van der Waals surface area contributed by atoms with Gasteiger partial charge in [0.15, 0.2) is 0 Å². The molecule has 0 aromatic carbocycles. The van der Waals surface area contributed by atoms with Crippen LogP contribution in [-0.2, 0) is 6.42 Å². The van der Waals surface area contributed by atoms with Gasteiger partial charge in [0.2, 0.25) is 0 Å². The van der Waals surface area contributed by atoms with Crippen molar-refractivity contribution in [1.29, 1.82) is 0 Å². The van der Waals surface area contributed by atoms with Crippen molar-refractivity contribution in [2.45, 2.75) is 51.2 Å². The highest BCUT2D eigenvalue weighted by Gasteiger charge is 2.37. The van der Waals surface area contributed by atoms with Gasteiger partial charge in [0.1, 0.15) is 0 Å². The molecule has 3 heteroatoms. The van der Waals surface area contributed by atoms with Gasteiger partial charge in [0.25, 0.3) is 0 Å². The van der Waals surface area contributed by atoms with Crippen molar-refractivity contribution < 1.29 is 0 Å². The van der Waals surface area contributed by atoms with Crippen LogP contribution in [0.4, 0.5) is 0 Å². The zero-order valence-corrected chi connectivity index (χ0v) is 12.2. The van der Waals surface area contributed by atoms with Crippen molar-refractivity contribution in [3.8, 4) is 0 Å². The van der Waals surface area contributed by atoms with Gasteiger partial charge in [-0.25, -0.2) is 0 Å². The third-order valence-corrected chi connectivity index (χ3v) is 5.38. The molecule has 3 atom stereocenters. The Balaban J connectivity index is 1.61. The first kappa shape index (κ1) is 12.6. The van der Waals surface area contributed by atoms with Crippen molar-refractivity contribution in [2.75, 3.05) is 13.1 Å². The number of thiophene rings is 1. The minimum Gasteiger partial charge on any atom is -0.311 e. The van der Waals surface area contributed by atoms with Crippen LogP contribution in [0.1, 0.15) is 31.6 Å². The van der Waals surface area contributed by atoms with Gasteiger partial charge < -0.3 is 5.32 Å². The SMILES string of the molecule is CC1CNC(C2CC2)CN1C(C)Cc1cccs1. The molecule has 1 aliphatic carbocycles. The zero-order valence-electron chi connectivity index (χ0n) is 11.4. The van der Waals surface area contributed by atoms with E-state index in [-0.39, 0.29) is 0 Å². The van der Waals surface area contributed by atoms with Crippen molar-refractivity contribution >= 4 is 11.3 Å². The average molecular weight is 264 g/mol. The van der Waals surface area contributed by atoms with E-state index in [1.54, 1.807) is 0 Å². The second-order valence-electron chi connectivity index (χ2n) is 6.03. The highest BCUT2D eigenvalue weighted by molar-refractivity contribution is 7.09. The fourth-order valence-corrected chi connectivity index (χ4v) is 4.00. The standard InChI is InChI=1S/C15H24N2S/c1-11(8-14-4-3-7-18-14)17-10-15(13-5-6-13)16-9-12(17)2/h3-4,7,11-13,15-16H,5-6,8-10H2,1-2H3. The lowest BCUT2D eigenvalue weighted by molar-refractivity contribution is 0.0928.